The van der Waals surface area contributed by atoms with Gasteiger partial charge in [-0.2, -0.15) is 0 Å². The predicted octanol–water partition coefficient (Wildman–Crippen LogP) is 1.92. The van der Waals surface area contributed by atoms with Crippen LogP contribution >= 0.6 is 11.6 Å². The van der Waals surface area contributed by atoms with Crippen LogP contribution in [0.15, 0.2) is 47.4 Å². The molecule has 1 aromatic carbocycles. The summed E-state index contributed by atoms with van der Waals surface area (Å²) in [7, 11) is 1.62. The monoisotopic (exact) mass is 359 g/mol. The van der Waals surface area contributed by atoms with E-state index in [0.29, 0.717) is 17.3 Å². The minimum absolute atomic E-state index is 0.0551. The zero-order valence-corrected chi connectivity index (χ0v) is 14.7. The molecule has 6 nitrogen and oxygen atoms in total. The molecule has 1 aromatic heterocycles. The molecule has 1 saturated heterocycles. The molecule has 2 heterocycles. The summed E-state index contributed by atoms with van der Waals surface area (Å²) in [5, 5.41) is 0.495. The molecule has 3 rings (SSSR count). The van der Waals surface area contributed by atoms with Crippen LogP contribution in [0.25, 0.3) is 0 Å². The molecule has 2 aromatic rings. The first-order valence-electron chi connectivity index (χ1n) is 7.91. The van der Waals surface area contributed by atoms with Crippen molar-refractivity contribution in [2.75, 3.05) is 18.0 Å². The fraction of sp³-hybridized carbons (Fsp3) is 0.278. The van der Waals surface area contributed by atoms with Gasteiger partial charge in [0.05, 0.1) is 10.7 Å². The van der Waals surface area contributed by atoms with Gasteiger partial charge >= 0.3 is 0 Å². The van der Waals surface area contributed by atoms with Crippen molar-refractivity contribution in [1.29, 1.82) is 0 Å². The van der Waals surface area contributed by atoms with Gasteiger partial charge in [-0.15, -0.1) is 0 Å². The van der Waals surface area contributed by atoms with Crippen LogP contribution in [0.2, 0.25) is 5.02 Å². The third kappa shape index (κ3) is 3.30. The van der Waals surface area contributed by atoms with Gasteiger partial charge in [0, 0.05) is 37.5 Å². The van der Waals surface area contributed by atoms with Crippen molar-refractivity contribution < 1.29 is 9.59 Å². The maximum Gasteiger partial charge on any atom is 0.254 e. The lowest BCUT2D eigenvalue weighted by molar-refractivity contribution is -0.121. The molecule has 0 saturated carbocycles. The molecule has 0 bridgehead atoms. The van der Waals surface area contributed by atoms with Crippen LogP contribution < -0.4 is 10.5 Å². The van der Waals surface area contributed by atoms with Crippen LogP contribution in [-0.4, -0.2) is 40.4 Å². The number of hydrogen-bond acceptors (Lipinski definition) is 3. The van der Waals surface area contributed by atoms with Gasteiger partial charge in [-0.3, -0.25) is 14.4 Å². The molecular weight excluding hydrogens is 342 g/mol. The highest BCUT2D eigenvalue weighted by atomic mass is 35.5. The van der Waals surface area contributed by atoms with Gasteiger partial charge in [0.25, 0.3) is 11.5 Å². The number of hydrogen-bond donors (Lipinski definition) is 0. The first-order chi connectivity index (χ1) is 11.9. The van der Waals surface area contributed by atoms with Crippen molar-refractivity contribution in [3.05, 3.63) is 63.5 Å². The molecule has 1 fully saturated rings. The van der Waals surface area contributed by atoms with E-state index in [1.54, 1.807) is 42.4 Å². The van der Waals surface area contributed by atoms with Gasteiger partial charge in [0.1, 0.15) is 6.54 Å². The fourth-order valence-electron chi connectivity index (χ4n) is 2.87. The van der Waals surface area contributed by atoms with E-state index in [9.17, 15) is 14.4 Å². The van der Waals surface area contributed by atoms with Crippen LogP contribution in [0.1, 0.15) is 17.3 Å². The van der Waals surface area contributed by atoms with E-state index < -0.39 is 0 Å². The van der Waals surface area contributed by atoms with E-state index in [-0.39, 0.29) is 35.5 Å². The van der Waals surface area contributed by atoms with Gasteiger partial charge < -0.3 is 14.4 Å². The third-order valence-corrected chi connectivity index (χ3v) is 4.66. The average Bonchev–Trinajstić information content (AvgIpc) is 2.59. The average molecular weight is 360 g/mol. The minimum Gasteiger partial charge on any atom is -0.325 e. The number of nitrogens with zero attached hydrogens (tertiary/aromatic N) is 3. The molecule has 0 radical (unpaired) electrons. The summed E-state index contributed by atoms with van der Waals surface area (Å²) in [5.74, 6) is -0.527. The maximum atomic E-state index is 12.7. The molecule has 0 spiro atoms. The Morgan fingerprint density at radius 1 is 1.20 bits per heavy atom. The quantitative estimate of drug-likeness (QED) is 0.823. The molecule has 1 aliphatic heterocycles. The summed E-state index contributed by atoms with van der Waals surface area (Å²) in [4.78, 5) is 40.1. The highest BCUT2D eigenvalue weighted by Gasteiger charge is 2.34. The fourth-order valence-corrected chi connectivity index (χ4v) is 3.11. The van der Waals surface area contributed by atoms with E-state index >= 15 is 0 Å². The highest BCUT2D eigenvalue weighted by molar-refractivity contribution is 6.33. The Hall–Kier alpha value is -2.60. The minimum atomic E-state index is -0.322. The van der Waals surface area contributed by atoms with Crippen LogP contribution in [-0.2, 0) is 11.8 Å². The third-order valence-electron chi connectivity index (χ3n) is 4.34. The number of aryl methyl sites for hydroxylation is 1. The molecule has 0 aliphatic carbocycles. The van der Waals surface area contributed by atoms with Gasteiger partial charge in [-0.1, -0.05) is 23.7 Å². The number of pyridine rings is 1. The van der Waals surface area contributed by atoms with Crippen molar-refractivity contribution in [1.82, 2.24) is 9.47 Å². The highest BCUT2D eigenvalue weighted by Crippen LogP contribution is 2.28. The number of piperazine rings is 1. The molecule has 130 valence electrons. The topological polar surface area (TPSA) is 62.6 Å². The Morgan fingerprint density at radius 2 is 1.92 bits per heavy atom. The number of carbonyl (C=O) groups is 2. The van der Waals surface area contributed by atoms with Crippen molar-refractivity contribution >= 4 is 29.1 Å². The van der Waals surface area contributed by atoms with Crippen molar-refractivity contribution in [2.45, 2.75) is 13.0 Å². The summed E-state index contributed by atoms with van der Waals surface area (Å²) in [6.45, 7) is 2.16. The standard InChI is InChI=1S/C18H18ClN3O3/c1-12-10-22(15-6-4-3-5-14(15)19)17(24)11-21(12)18(25)13-7-8-20(2)16(23)9-13/h3-9,12H,10-11H2,1-2H3. The summed E-state index contributed by atoms with van der Waals surface area (Å²) in [6, 6.07) is 9.80. The smallest absolute Gasteiger partial charge is 0.254 e. The summed E-state index contributed by atoms with van der Waals surface area (Å²) in [5.41, 5.74) is 0.662. The number of carbonyl (C=O) groups excluding carboxylic acids is 2. The van der Waals surface area contributed by atoms with Crippen molar-refractivity contribution in [2.24, 2.45) is 7.05 Å². The Kier molecular flexibility index (Phi) is 4.63. The van der Waals surface area contributed by atoms with E-state index in [4.69, 9.17) is 11.6 Å². The molecule has 0 N–H and O–H groups in total. The number of halogens is 1. The predicted molar refractivity (Wildman–Crippen MR) is 96.0 cm³/mol. The first kappa shape index (κ1) is 17.2. The number of para-hydroxylation sites is 1. The van der Waals surface area contributed by atoms with Crippen LogP contribution in [0, 0.1) is 0 Å². The van der Waals surface area contributed by atoms with Crippen LogP contribution in [0.5, 0.6) is 0 Å². The zero-order valence-electron chi connectivity index (χ0n) is 14.0. The Balaban J connectivity index is 1.84. The summed E-state index contributed by atoms with van der Waals surface area (Å²) in [6.07, 6.45) is 1.54. The molecule has 1 atom stereocenters. The first-order valence-corrected chi connectivity index (χ1v) is 8.29. The summed E-state index contributed by atoms with van der Waals surface area (Å²) >= 11 is 6.19. The number of anilines is 1. The number of rotatable bonds is 2. The van der Waals surface area contributed by atoms with E-state index in [2.05, 4.69) is 0 Å². The Bertz CT molecular complexity index is 893. The lowest BCUT2D eigenvalue weighted by Crippen LogP contribution is -2.57. The Labute approximate surface area is 150 Å². The normalized spacial score (nSPS) is 17.7. The second kappa shape index (κ2) is 6.72. The van der Waals surface area contributed by atoms with Crippen LogP contribution in [0.4, 0.5) is 5.69 Å². The van der Waals surface area contributed by atoms with Crippen molar-refractivity contribution in [3.8, 4) is 0 Å². The zero-order chi connectivity index (χ0) is 18.1. The molecule has 7 heteroatoms. The largest absolute Gasteiger partial charge is 0.325 e. The molecule has 25 heavy (non-hydrogen) atoms. The van der Waals surface area contributed by atoms with Gasteiger partial charge in [-0.25, -0.2) is 0 Å². The summed E-state index contributed by atoms with van der Waals surface area (Å²) < 4.78 is 1.39. The Morgan fingerprint density at radius 3 is 2.60 bits per heavy atom. The molecule has 1 unspecified atom stereocenters. The molecular formula is C18H18ClN3O3. The van der Waals surface area contributed by atoms with Crippen LogP contribution in [0.3, 0.4) is 0 Å². The second-order valence-corrected chi connectivity index (χ2v) is 6.51. The lowest BCUT2D eigenvalue weighted by Gasteiger charge is -2.39. The van der Waals surface area contributed by atoms with Crippen molar-refractivity contribution in [3.63, 3.8) is 0 Å². The number of amides is 2. The lowest BCUT2D eigenvalue weighted by atomic mass is 10.1. The SMILES string of the molecule is CC1CN(c2ccccc2Cl)C(=O)CN1C(=O)c1ccn(C)c(=O)c1. The van der Waals surface area contributed by atoms with Gasteiger partial charge in [0.15, 0.2) is 0 Å². The van der Waals surface area contributed by atoms with Gasteiger partial charge in [0.2, 0.25) is 5.91 Å². The molecule has 1 aliphatic rings. The van der Waals surface area contributed by atoms with E-state index in [0.717, 1.165) is 0 Å². The van der Waals surface area contributed by atoms with E-state index in [1.807, 2.05) is 13.0 Å². The number of benzene rings is 1. The van der Waals surface area contributed by atoms with Gasteiger partial charge in [-0.05, 0) is 25.1 Å². The maximum absolute atomic E-state index is 12.7. The number of aromatic nitrogens is 1. The molecule has 2 amide bonds. The second-order valence-electron chi connectivity index (χ2n) is 6.10. The van der Waals surface area contributed by atoms with E-state index in [1.165, 1.54) is 15.5 Å².